The molecule has 0 aliphatic rings. The lowest BCUT2D eigenvalue weighted by Crippen LogP contribution is -2.28. The van der Waals surface area contributed by atoms with Crippen LogP contribution in [0, 0.1) is 5.92 Å². The summed E-state index contributed by atoms with van der Waals surface area (Å²) in [6.07, 6.45) is 3.91. The number of hydrogen-bond donors (Lipinski definition) is 1. The lowest BCUT2D eigenvalue weighted by molar-refractivity contribution is 0.0489. The molecule has 0 aliphatic heterocycles. The van der Waals surface area contributed by atoms with Gasteiger partial charge in [-0.15, -0.1) is 0 Å². The molecule has 0 spiro atoms. The number of amides is 1. The number of ketones is 1. The molecule has 0 fully saturated rings. The topological polar surface area (TPSA) is 55.4 Å². The summed E-state index contributed by atoms with van der Waals surface area (Å²) in [6, 6.07) is 6.92. The van der Waals surface area contributed by atoms with E-state index in [0.717, 1.165) is 25.7 Å². The molecular weight excluding hydrogens is 302 g/mol. The minimum atomic E-state index is -0.135. The fourth-order valence-corrected chi connectivity index (χ4v) is 2.70. The van der Waals surface area contributed by atoms with E-state index in [9.17, 15) is 9.59 Å². The second kappa shape index (κ2) is 11.0. The van der Waals surface area contributed by atoms with Gasteiger partial charge in [-0.2, -0.15) is 0 Å². The van der Waals surface area contributed by atoms with Crippen molar-refractivity contribution < 1.29 is 14.3 Å². The summed E-state index contributed by atoms with van der Waals surface area (Å²) < 4.78 is 5.67. The molecule has 0 unspecified atom stereocenters. The Morgan fingerprint density at radius 3 is 1.96 bits per heavy atom. The monoisotopic (exact) mass is 333 g/mol. The summed E-state index contributed by atoms with van der Waals surface area (Å²) in [5.41, 5.74) is 1.25. The highest BCUT2D eigenvalue weighted by atomic mass is 16.5. The van der Waals surface area contributed by atoms with Crippen LogP contribution in [0.1, 0.15) is 74.1 Å². The third-order valence-electron chi connectivity index (χ3n) is 4.44. The van der Waals surface area contributed by atoms with Crippen molar-refractivity contribution in [3.05, 3.63) is 35.4 Å². The number of benzene rings is 1. The first-order valence-electron chi connectivity index (χ1n) is 9.11. The second-order valence-corrected chi connectivity index (χ2v) is 6.02. The zero-order valence-corrected chi connectivity index (χ0v) is 15.4. The van der Waals surface area contributed by atoms with E-state index >= 15 is 0 Å². The van der Waals surface area contributed by atoms with Gasteiger partial charge in [0, 0.05) is 23.6 Å². The molecule has 4 nitrogen and oxygen atoms in total. The van der Waals surface area contributed by atoms with Gasteiger partial charge in [0.1, 0.15) is 0 Å². The third kappa shape index (κ3) is 6.08. The first-order valence-corrected chi connectivity index (χ1v) is 9.11. The highest BCUT2D eigenvalue weighted by Crippen LogP contribution is 2.16. The van der Waals surface area contributed by atoms with Crippen LogP contribution in [-0.4, -0.2) is 30.9 Å². The van der Waals surface area contributed by atoms with Gasteiger partial charge in [0.25, 0.3) is 5.91 Å². The van der Waals surface area contributed by atoms with Crippen molar-refractivity contribution >= 4 is 11.7 Å². The van der Waals surface area contributed by atoms with Crippen molar-refractivity contribution in [2.45, 2.75) is 59.5 Å². The third-order valence-corrected chi connectivity index (χ3v) is 4.44. The van der Waals surface area contributed by atoms with Crippen LogP contribution in [0.2, 0.25) is 0 Å². The molecule has 0 aliphatic carbocycles. The molecule has 1 rings (SSSR count). The van der Waals surface area contributed by atoms with Gasteiger partial charge in [0.2, 0.25) is 0 Å². The fraction of sp³-hybridized carbons (Fsp3) is 0.600. The Labute approximate surface area is 146 Å². The van der Waals surface area contributed by atoms with Gasteiger partial charge >= 0.3 is 0 Å². The van der Waals surface area contributed by atoms with Crippen molar-refractivity contribution in [3.63, 3.8) is 0 Å². The average Bonchev–Trinajstić information content (AvgIpc) is 2.62. The van der Waals surface area contributed by atoms with E-state index in [2.05, 4.69) is 19.2 Å². The van der Waals surface area contributed by atoms with Crippen molar-refractivity contribution in [2.24, 2.45) is 5.92 Å². The Bertz CT molecular complexity index is 502. The highest BCUT2D eigenvalue weighted by molar-refractivity contribution is 5.99. The van der Waals surface area contributed by atoms with Gasteiger partial charge in [-0.3, -0.25) is 9.59 Å². The standard InChI is InChI=1S/C20H31NO3/c1-5-15(6-2)19(22)16-9-11-17(12-10-16)20(23)21-13-14-24-18(7-3)8-4/h9-12,15,18H,5-8,13-14H2,1-4H3,(H,21,23). The van der Waals surface area contributed by atoms with Crippen molar-refractivity contribution in [1.29, 1.82) is 0 Å². The predicted octanol–water partition coefficient (Wildman–Crippen LogP) is 4.24. The molecule has 0 saturated heterocycles. The number of ether oxygens (including phenoxy) is 1. The van der Waals surface area contributed by atoms with Crippen LogP contribution >= 0.6 is 0 Å². The van der Waals surface area contributed by atoms with Crippen LogP contribution in [0.5, 0.6) is 0 Å². The van der Waals surface area contributed by atoms with Crippen molar-refractivity contribution in [3.8, 4) is 0 Å². The van der Waals surface area contributed by atoms with Crippen LogP contribution in [-0.2, 0) is 4.74 Å². The molecule has 1 N–H and O–H groups in total. The van der Waals surface area contributed by atoms with E-state index < -0.39 is 0 Å². The quantitative estimate of drug-likeness (QED) is 0.487. The van der Waals surface area contributed by atoms with Gasteiger partial charge in [-0.25, -0.2) is 0 Å². The maximum Gasteiger partial charge on any atom is 0.251 e. The van der Waals surface area contributed by atoms with Gasteiger partial charge in [-0.05, 0) is 37.8 Å². The maximum absolute atomic E-state index is 12.3. The molecular formula is C20H31NO3. The Morgan fingerprint density at radius 2 is 1.46 bits per heavy atom. The average molecular weight is 333 g/mol. The molecule has 134 valence electrons. The zero-order valence-electron chi connectivity index (χ0n) is 15.4. The molecule has 0 radical (unpaired) electrons. The van der Waals surface area contributed by atoms with E-state index in [1.165, 1.54) is 0 Å². The zero-order chi connectivity index (χ0) is 17.9. The number of Topliss-reactive ketones (excluding diaryl/α,β-unsaturated/α-hetero) is 1. The van der Waals surface area contributed by atoms with Crippen LogP contribution < -0.4 is 5.32 Å². The number of carbonyl (C=O) groups excluding carboxylic acids is 2. The van der Waals surface area contributed by atoms with Crippen LogP contribution in [0.4, 0.5) is 0 Å². The fourth-order valence-electron chi connectivity index (χ4n) is 2.70. The normalized spacial score (nSPS) is 11.1. The van der Waals surface area contributed by atoms with E-state index in [0.29, 0.717) is 24.3 Å². The number of nitrogens with one attached hydrogen (secondary N) is 1. The van der Waals surface area contributed by atoms with Crippen LogP contribution in [0.25, 0.3) is 0 Å². The number of rotatable bonds is 11. The lowest BCUT2D eigenvalue weighted by Gasteiger charge is -2.14. The second-order valence-electron chi connectivity index (χ2n) is 6.02. The Kier molecular flexibility index (Phi) is 9.31. The van der Waals surface area contributed by atoms with E-state index in [4.69, 9.17) is 4.74 Å². The number of hydrogen-bond acceptors (Lipinski definition) is 3. The Morgan fingerprint density at radius 1 is 0.917 bits per heavy atom. The maximum atomic E-state index is 12.3. The molecule has 0 atom stereocenters. The summed E-state index contributed by atoms with van der Waals surface area (Å²) >= 11 is 0. The van der Waals surface area contributed by atoms with Gasteiger partial charge < -0.3 is 10.1 Å². The van der Waals surface area contributed by atoms with Gasteiger partial charge in [0.05, 0.1) is 12.7 Å². The minimum absolute atomic E-state index is 0.0619. The van der Waals surface area contributed by atoms with Crippen LogP contribution in [0.3, 0.4) is 0 Å². The van der Waals surface area contributed by atoms with Crippen molar-refractivity contribution in [1.82, 2.24) is 5.32 Å². The van der Waals surface area contributed by atoms with Crippen LogP contribution in [0.15, 0.2) is 24.3 Å². The summed E-state index contributed by atoms with van der Waals surface area (Å²) in [5.74, 6) is 0.0853. The minimum Gasteiger partial charge on any atom is -0.376 e. The molecule has 1 aromatic carbocycles. The van der Waals surface area contributed by atoms with E-state index in [-0.39, 0.29) is 23.7 Å². The van der Waals surface area contributed by atoms with E-state index in [1.807, 2.05) is 13.8 Å². The Hall–Kier alpha value is -1.68. The smallest absolute Gasteiger partial charge is 0.251 e. The van der Waals surface area contributed by atoms with Gasteiger partial charge in [0.15, 0.2) is 5.78 Å². The molecule has 24 heavy (non-hydrogen) atoms. The SMILES string of the molecule is CCC(CC)OCCNC(=O)c1ccc(C(=O)C(CC)CC)cc1. The molecule has 0 bridgehead atoms. The first-order chi connectivity index (χ1) is 11.6. The molecule has 4 heteroatoms. The largest absolute Gasteiger partial charge is 0.376 e. The predicted molar refractivity (Wildman–Crippen MR) is 97.5 cm³/mol. The number of carbonyl (C=O) groups is 2. The van der Waals surface area contributed by atoms with Crippen molar-refractivity contribution in [2.75, 3.05) is 13.2 Å². The summed E-state index contributed by atoms with van der Waals surface area (Å²) in [5, 5.41) is 2.85. The highest BCUT2D eigenvalue weighted by Gasteiger charge is 2.16. The van der Waals surface area contributed by atoms with E-state index in [1.54, 1.807) is 24.3 Å². The molecule has 1 aromatic rings. The molecule has 0 aromatic heterocycles. The Balaban J connectivity index is 2.50. The molecule has 0 saturated carbocycles. The molecule has 1 amide bonds. The summed E-state index contributed by atoms with van der Waals surface area (Å²) in [4.78, 5) is 24.4. The summed E-state index contributed by atoms with van der Waals surface area (Å²) in [6.45, 7) is 9.25. The summed E-state index contributed by atoms with van der Waals surface area (Å²) in [7, 11) is 0. The lowest BCUT2D eigenvalue weighted by atomic mass is 9.92. The molecule has 0 heterocycles. The van der Waals surface area contributed by atoms with Gasteiger partial charge in [-0.1, -0.05) is 39.8 Å². The first kappa shape index (κ1) is 20.4.